The lowest BCUT2D eigenvalue weighted by molar-refractivity contribution is 1.09. The highest BCUT2D eigenvalue weighted by Crippen LogP contribution is 2.20. The Labute approximate surface area is 154 Å². The molecule has 0 aliphatic heterocycles. The third-order valence-electron chi connectivity index (χ3n) is 4.17. The molecule has 0 aliphatic rings. The molecule has 2 aromatic carbocycles. The van der Waals surface area contributed by atoms with Crippen molar-refractivity contribution in [1.82, 2.24) is 15.0 Å². The summed E-state index contributed by atoms with van der Waals surface area (Å²) in [6.45, 7) is 0.397. The van der Waals surface area contributed by atoms with Gasteiger partial charge in [-0.2, -0.15) is 0 Å². The second kappa shape index (κ2) is 6.58. The first-order chi connectivity index (χ1) is 12.6. The lowest BCUT2D eigenvalue weighted by atomic mass is 10.1. The molecule has 0 bridgehead atoms. The zero-order chi connectivity index (χ0) is 18.1. The first-order valence-corrected chi connectivity index (χ1v) is 8.47. The van der Waals surface area contributed by atoms with Gasteiger partial charge in [0.15, 0.2) is 0 Å². The maximum Gasteiger partial charge on any atom is 0.253 e. The third kappa shape index (κ3) is 3.15. The van der Waals surface area contributed by atoms with Crippen LogP contribution < -0.4 is 10.9 Å². The van der Waals surface area contributed by atoms with Crippen LogP contribution in [0.1, 0.15) is 11.4 Å². The van der Waals surface area contributed by atoms with Crippen LogP contribution >= 0.6 is 11.6 Å². The van der Waals surface area contributed by atoms with Crippen molar-refractivity contribution in [2.45, 2.75) is 13.0 Å². The van der Waals surface area contributed by atoms with Crippen LogP contribution in [0.5, 0.6) is 0 Å². The molecule has 4 rings (SSSR count). The van der Waals surface area contributed by atoms with E-state index in [2.05, 4.69) is 26.2 Å². The number of rotatable bonds is 4. The summed E-state index contributed by atoms with van der Waals surface area (Å²) in [5.74, 6) is 3.34. The van der Waals surface area contributed by atoms with Gasteiger partial charge in [0, 0.05) is 33.7 Å². The van der Waals surface area contributed by atoms with Gasteiger partial charge in [-0.05, 0) is 42.5 Å². The molecule has 0 saturated heterocycles. The fraction of sp³-hybridized carbons (Fsp3) is 0.100. The minimum Gasteiger partial charge on any atom is -0.381 e. The SMILES string of the molecule is C#CCc1nc2ccc(NCc3cc4cc(Cl)ccc4[nH]c3=O)cc2[nH]1. The predicted molar refractivity (Wildman–Crippen MR) is 106 cm³/mol. The summed E-state index contributed by atoms with van der Waals surface area (Å²) in [6, 6.07) is 13.0. The number of anilines is 1. The Balaban J connectivity index is 1.59. The zero-order valence-corrected chi connectivity index (χ0v) is 14.5. The van der Waals surface area contributed by atoms with E-state index in [-0.39, 0.29) is 5.56 Å². The van der Waals surface area contributed by atoms with Gasteiger partial charge in [0.2, 0.25) is 0 Å². The van der Waals surface area contributed by atoms with Crippen LogP contribution in [0.4, 0.5) is 5.69 Å². The number of hydrogen-bond donors (Lipinski definition) is 3. The molecule has 5 nitrogen and oxygen atoms in total. The fourth-order valence-electron chi connectivity index (χ4n) is 2.90. The van der Waals surface area contributed by atoms with Crippen LogP contribution in [0.15, 0.2) is 47.3 Å². The molecule has 4 aromatic rings. The average Bonchev–Trinajstić information content (AvgIpc) is 3.02. The summed E-state index contributed by atoms with van der Waals surface area (Å²) in [7, 11) is 0. The van der Waals surface area contributed by atoms with Crippen molar-refractivity contribution in [2.24, 2.45) is 0 Å². The van der Waals surface area contributed by atoms with Gasteiger partial charge in [0.25, 0.3) is 5.56 Å². The monoisotopic (exact) mass is 362 g/mol. The molecule has 0 aliphatic carbocycles. The highest BCUT2D eigenvalue weighted by molar-refractivity contribution is 6.31. The van der Waals surface area contributed by atoms with Crippen molar-refractivity contribution in [3.63, 3.8) is 0 Å². The topological polar surface area (TPSA) is 73.6 Å². The van der Waals surface area contributed by atoms with Crippen LogP contribution in [-0.4, -0.2) is 15.0 Å². The van der Waals surface area contributed by atoms with E-state index in [1.165, 1.54) is 0 Å². The van der Waals surface area contributed by atoms with Crippen LogP contribution in [0.3, 0.4) is 0 Å². The highest BCUT2D eigenvalue weighted by Gasteiger charge is 2.06. The second-order valence-corrected chi connectivity index (χ2v) is 6.44. The fourth-order valence-corrected chi connectivity index (χ4v) is 3.08. The Morgan fingerprint density at radius 3 is 2.85 bits per heavy atom. The van der Waals surface area contributed by atoms with Gasteiger partial charge in [0.1, 0.15) is 5.82 Å². The Morgan fingerprint density at radius 2 is 2.00 bits per heavy atom. The van der Waals surface area contributed by atoms with Gasteiger partial charge in [-0.1, -0.05) is 17.5 Å². The minimum absolute atomic E-state index is 0.119. The van der Waals surface area contributed by atoms with Crippen molar-refractivity contribution >= 4 is 39.2 Å². The van der Waals surface area contributed by atoms with Crippen LogP contribution in [-0.2, 0) is 13.0 Å². The number of nitrogens with zero attached hydrogens (tertiary/aromatic N) is 1. The van der Waals surface area contributed by atoms with E-state index in [0.717, 1.165) is 33.4 Å². The molecule has 2 heterocycles. The van der Waals surface area contributed by atoms with Crippen molar-refractivity contribution in [3.05, 3.63) is 69.2 Å². The number of fused-ring (bicyclic) bond motifs is 2. The minimum atomic E-state index is -0.119. The van der Waals surface area contributed by atoms with Gasteiger partial charge in [-0.15, -0.1) is 6.42 Å². The number of pyridine rings is 1. The Bertz CT molecular complexity index is 1220. The van der Waals surface area contributed by atoms with Crippen molar-refractivity contribution < 1.29 is 0 Å². The van der Waals surface area contributed by atoms with Gasteiger partial charge in [-0.25, -0.2) is 4.98 Å². The summed E-state index contributed by atoms with van der Waals surface area (Å²) in [5.41, 5.74) is 3.93. The first kappa shape index (κ1) is 16.2. The van der Waals surface area contributed by atoms with Gasteiger partial charge in [-0.3, -0.25) is 4.79 Å². The quantitative estimate of drug-likeness (QED) is 0.483. The van der Waals surface area contributed by atoms with Gasteiger partial charge < -0.3 is 15.3 Å². The Morgan fingerprint density at radius 1 is 1.12 bits per heavy atom. The first-order valence-electron chi connectivity index (χ1n) is 8.10. The molecule has 0 atom stereocenters. The van der Waals surface area contributed by atoms with E-state index >= 15 is 0 Å². The summed E-state index contributed by atoms with van der Waals surface area (Å²) >= 11 is 6.03. The molecule has 0 amide bonds. The van der Waals surface area contributed by atoms with E-state index < -0.39 is 0 Å². The standard InChI is InChI=1S/C20H15ClN4O/c1-2-3-19-23-17-7-5-15(10-18(17)24-19)22-11-13-8-12-9-14(21)4-6-16(12)25-20(13)26/h1,4-10,22H,3,11H2,(H,23,24)(H,25,26). The molecule has 128 valence electrons. The number of imidazole rings is 1. The van der Waals surface area contributed by atoms with Crippen molar-refractivity contribution in [3.8, 4) is 12.3 Å². The van der Waals surface area contributed by atoms with Gasteiger partial charge >= 0.3 is 0 Å². The molecule has 3 N–H and O–H groups in total. The second-order valence-electron chi connectivity index (χ2n) is 6.01. The number of halogens is 1. The molecular formula is C20H15ClN4O. The van der Waals surface area contributed by atoms with Crippen LogP contribution in [0, 0.1) is 12.3 Å². The van der Waals surface area contributed by atoms with E-state index in [1.807, 2.05) is 30.3 Å². The normalized spacial score (nSPS) is 10.9. The lowest BCUT2D eigenvalue weighted by Gasteiger charge is -2.07. The zero-order valence-electron chi connectivity index (χ0n) is 13.8. The summed E-state index contributed by atoms with van der Waals surface area (Å²) in [5, 5.41) is 4.81. The van der Waals surface area contributed by atoms with E-state index in [4.69, 9.17) is 18.0 Å². The molecule has 26 heavy (non-hydrogen) atoms. The molecule has 0 fully saturated rings. The summed E-state index contributed by atoms with van der Waals surface area (Å²) in [6.07, 6.45) is 5.79. The predicted octanol–water partition coefficient (Wildman–Crippen LogP) is 3.85. The molecule has 2 aromatic heterocycles. The van der Waals surface area contributed by atoms with Crippen LogP contribution in [0.2, 0.25) is 5.02 Å². The lowest BCUT2D eigenvalue weighted by Crippen LogP contribution is -2.15. The third-order valence-corrected chi connectivity index (χ3v) is 4.40. The molecule has 0 unspecified atom stereocenters. The van der Waals surface area contributed by atoms with Crippen LogP contribution in [0.25, 0.3) is 21.9 Å². The smallest absolute Gasteiger partial charge is 0.253 e. The number of nitrogens with one attached hydrogen (secondary N) is 3. The average molecular weight is 363 g/mol. The number of terminal acetylenes is 1. The van der Waals surface area contributed by atoms with E-state index in [1.54, 1.807) is 12.1 Å². The van der Waals surface area contributed by atoms with Crippen molar-refractivity contribution in [2.75, 3.05) is 5.32 Å². The molecule has 0 saturated carbocycles. The van der Waals surface area contributed by atoms with Gasteiger partial charge in [0.05, 0.1) is 17.5 Å². The largest absolute Gasteiger partial charge is 0.381 e. The molecule has 0 radical (unpaired) electrons. The highest BCUT2D eigenvalue weighted by atomic mass is 35.5. The molecular weight excluding hydrogens is 348 g/mol. The maximum atomic E-state index is 12.3. The number of aromatic amines is 2. The molecule has 6 heteroatoms. The Hall–Kier alpha value is -3.23. The van der Waals surface area contributed by atoms with E-state index in [0.29, 0.717) is 23.6 Å². The summed E-state index contributed by atoms with van der Waals surface area (Å²) < 4.78 is 0. The summed E-state index contributed by atoms with van der Waals surface area (Å²) in [4.78, 5) is 22.8. The van der Waals surface area contributed by atoms with E-state index in [9.17, 15) is 4.79 Å². The number of aromatic nitrogens is 3. The number of H-pyrrole nitrogens is 2. The maximum absolute atomic E-state index is 12.3. The molecule has 0 spiro atoms. The number of hydrogen-bond acceptors (Lipinski definition) is 3. The number of benzene rings is 2. The Kier molecular flexibility index (Phi) is 4.11. The van der Waals surface area contributed by atoms with Crippen molar-refractivity contribution in [1.29, 1.82) is 0 Å².